The lowest BCUT2D eigenvalue weighted by atomic mass is 9.97. The molecule has 3 aliphatic rings. The number of nitrogens with one attached hydrogen (secondary N) is 1. The van der Waals surface area contributed by atoms with Crippen LogP contribution >= 0.6 is 0 Å². The molecule has 0 aromatic heterocycles. The molecule has 1 N–H and O–H groups in total. The van der Waals surface area contributed by atoms with Crippen LogP contribution in [0.1, 0.15) is 38.5 Å². The molecule has 98 valence electrons. The highest BCUT2D eigenvalue weighted by Crippen LogP contribution is 2.27. The summed E-state index contributed by atoms with van der Waals surface area (Å²) < 4.78 is 0. The Labute approximate surface area is 106 Å². The third-order valence-corrected chi connectivity index (χ3v) is 4.89. The number of piperidine rings is 1. The van der Waals surface area contributed by atoms with Gasteiger partial charge in [-0.1, -0.05) is 0 Å². The molecule has 17 heavy (non-hydrogen) atoms. The highest BCUT2D eigenvalue weighted by Gasteiger charge is 2.31. The van der Waals surface area contributed by atoms with Crippen molar-refractivity contribution in [3.8, 4) is 0 Å². The lowest BCUT2D eigenvalue weighted by Crippen LogP contribution is -2.47. The molecule has 1 aliphatic carbocycles. The molecule has 0 aromatic carbocycles. The van der Waals surface area contributed by atoms with Gasteiger partial charge in [-0.05, 0) is 58.7 Å². The van der Waals surface area contributed by atoms with Crippen LogP contribution in [0.3, 0.4) is 0 Å². The van der Waals surface area contributed by atoms with Crippen LogP contribution in [0.4, 0.5) is 0 Å². The maximum absolute atomic E-state index is 3.78. The maximum atomic E-state index is 3.78. The first-order valence-corrected chi connectivity index (χ1v) is 7.50. The minimum atomic E-state index is 0.793. The monoisotopic (exact) mass is 237 g/mol. The van der Waals surface area contributed by atoms with Crippen LogP contribution in [-0.4, -0.2) is 61.2 Å². The Morgan fingerprint density at radius 2 is 2.06 bits per heavy atom. The van der Waals surface area contributed by atoms with Crippen molar-refractivity contribution in [2.75, 3.05) is 33.2 Å². The first-order valence-electron chi connectivity index (χ1n) is 7.50. The average Bonchev–Trinajstić information content (AvgIpc) is 3.08. The fraction of sp³-hybridized carbons (Fsp3) is 1.00. The topological polar surface area (TPSA) is 18.5 Å². The summed E-state index contributed by atoms with van der Waals surface area (Å²) in [5, 5.41) is 3.78. The highest BCUT2D eigenvalue weighted by atomic mass is 15.2. The van der Waals surface area contributed by atoms with Crippen LogP contribution in [0.5, 0.6) is 0 Å². The second-order valence-electron chi connectivity index (χ2n) is 6.22. The highest BCUT2D eigenvalue weighted by molar-refractivity contribution is 4.89. The van der Waals surface area contributed by atoms with E-state index in [1.165, 1.54) is 64.7 Å². The zero-order chi connectivity index (χ0) is 11.7. The van der Waals surface area contributed by atoms with E-state index in [4.69, 9.17) is 0 Å². The van der Waals surface area contributed by atoms with Gasteiger partial charge in [-0.25, -0.2) is 0 Å². The molecule has 2 aliphatic heterocycles. The molecule has 0 spiro atoms. The van der Waals surface area contributed by atoms with Gasteiger partial charge in [0.1, 0.15) is 0 Å². The van der Waals surface area contributed by atoms with E-state index in [0.29, 0.717) is 0 Å². The molecule has 0 aromatic rings. The minimum Gasteiger partial charge on any atom is -0.313 e. The van der Waals surface area contributed by atoms with Crippen molar-refractivity contribution >= 4 is 0 Å². The van der Waals surface area contributed by atoms with Crippen molar-refractivity contribution in [1.82, 2.24) is 15.1 Å². The quantitative estimate of drug-likeness (QED) is 0.777. The molecule has 1 saturated carbocycles. The number of hydrogen-bond donors (Lipinski definition) is 1. The van der Waals surface area contributed by atoms with E-state index in [1.54, 1.807) is 0 Å². The molecule has 3 nitrogen and oxygen atoms in total. The summed E-state index contributed by atoms with van der Waals surface area (Å²) in [6, 6.07) is 2.61. The second-order valence-corrected chi connectivity index (χ2v) is 6.22. The van der Waals surface area contributed by atoms with Crippen molar-refractivity contribution in [3.63, 3.8) is 0 Å². The van der Waals surface area contributed by atoms with E-state index in [2.05, 4.69) is 22.2 Å². The average molecular weight is 237 g/mol. The van der Waals surface area contributed by atoms with Gasteiger partial charge in [-0.2, -0.15) is 0 Å². The normalized spacial score (nSPS) is 34.2. The Hall–Kier alpha value is -0.120. The molecule has 0 bridgehead atoms. The van der Waals surface area contributed by atoms with Crippen LogP contribution in [0.25, 0.3) is 0 Å². The Balaban J connectivity index is 1.34. The first-order chi connectivity index (χ1) is 8.33. The third-order valence-electron chi connectivity index (χ3n) is 4.89. The van der Waals surface area contributed by atoms with Gasteiger partial charge < -0.3 is 15.1 Å². The number of likely N-dealkylation sites (N-methyl/N-ethyl adjacent to an activating group) is 1. The summed E-state index contributed by atoms with van der Waals surface area (Å²) in [6.07, 6.45) is 8.49. The summed E-state index contributed by atoms with van der Waals surface area (Å²) in [4.78, 5) is 5.23. The summed E-state index contributed by atoms with van der Waals surface area (Å²) in [5.41, 5.74) is 0. The fourth-order valence-corrected chi connectivity index (χ4v) is 3.55. The van der Waals surface area contributed by atoms with Gasteiger partial charge in [0, 0.05) is 31.2 Å². The van der Waals surface area contributed by atoms with E-state index in [0.717, 1.165) is 18.1 Å². The SMILES string of the molecule is CN(CCNC1CCN2CCCC2C1)C1CC1. The summed E-state index contributed by atoms with van der Waals surface area (Å²) >= 11 is 0. The van der Waals surface area contributed by atoms with Crippen molar-refractivity contribution in [3.05, 3.63) is 0 Å². The third kappa shape index (κ3) is 3.01. The second kappa shape index (κ2) is 5.25. The Bertz CT molecular complexity index is 252. The lowest BCUT2D eigenvalue weighted by molar-refractivity contribution is 0.165. The van der Waals surface area contributed by atoms with Gasteiger partial charge in [-0.3, -0.25) is 0 Å². The first kappa shape index (κ1) is 11.9. The van der Waals surface area contributed by atoms with Gasteiger partial charge in [0.25, 0.3) is 0 Å². The molecule has 0 radical (unpaired) electrons. The van der Waals surface area contributed by atoms with Crippen molar-refractivity contribution in [2.24, 2.45) is 0 Å². The van der Waals surface area contributed by atoms with E-state index in [9.17, 15) is 0 Å². The number of hydrogen-bond acceptors (Lipinski definition) is 3. The molecule has 3 rings (SSSR count). The largest absolute Gasteiger partial charge is 0.313 e. The smallest absolute Gasteiger partial charge is 0.0111 e. The van der Waals surface area contributed by atoms with Crippen LogP contribution in [0.15, 0.2) is 0 Å². The minimum absolute atomic E-state index is 0.793. The zero-order valence-electron chi connectivity index (χ0n) is 11.2. The van der Waals surface area contributed by atoms with Crippen molar-refractivity contribution in [2.45, 2.75) is 56.7 Å². The van der Waals surface area contributed by atoms with Gasteiger partial charge >= 0.3 is 0 Å². The summed E-state index contributed by atoms with van der Waals surface area (Å²) in [6.45, 7) is 5.11. The maximum Gasteiger partial charge on any atom is 0.0111 e. The Kier molecular flexibility index (Phi) is 3.69. The standard InChI is InChI=1S/C14H27N3/c1-16(13-4-5-13)10-7-15-12-6-9-17-8-2-3-14(17)11-12/h12-15H,2-11H2,1H3. The van der Waals surface area contributed by atoms with Crippen LogP contribution in [0, 0.1) is 0 Å². The lowest BCUT2D eigenvalue weighted by Gasteiger charge is -2.35. The molecule has 0 amide bonds. The van der Waals surface area contributed by atoms with E-state index < -0.39 is 0 Å². The van der Waals surface area contributed by atoms with E-state index >= 15 is 0 Å². The Morgan fingerprint density at radius 1 is 1.18 bits per heavy atom. The molecule has 2 unspecified atom stereocenters. The predicted octanol–water partition coefficient (Wildman–Crippen LogP) is 1.30. The number of rotatable bonds is 5. The Morgan fingerprint density at radius 3 is 2.88 bits per heavy atom. The van der Waals surface area contributed by atoms with Gasteiger partial charge in [0.05, 0.1) is 0 Å². The van der Waals surface area contributed by atoms with Gasteiger partial charge in [0.15, 0.2) is 0 Å². The summed E-state index contributed by atoms with van der Waals surface area (Å²) in [5.74, 6) is 0. The molecule has 2 atom stereocenters. The van der Waals surface area contributed by atoms with Crippen molar-refractivity contribution < 1.29 is 0 Å². The van der Waals surface area contributed by atoms with Crippen molar-refractivity contribution in [1.29, 1.82) is 0 Å². The van der Waals surface area contributed by atoms with Crippen LogP contribution in [-0.2, 0) is 0 Å². The predicted molar refractivity (Wildman–Crippen MR) is 71.3 cm³/mol. The zero-order valence-corrected chi connectivity index (χ0v) is 11.2. The fourth-order valence-electron chi connectivity index (χ4n) is 3.55. The van der Waals surface area contributed by atoms with E-state index in [1.807, 2.05) is 0 Å². The summed E-state index contributed by atoms with van der Waals surface area (Å²) in [7, 11) is 2.28. The molecule has 2 saturated heterocycles. The molecular formula is C14H27N3. The van der Waals surface area contributed by atoms with Gasteiger partial charge in [-0.15, -0.1) is 0 Å². The molecule has 3 fully saturated rings. The molecule has 3 heteroatoms. The number of fused-ring (bicyclic) bond motifs is 1. The number of nitrogens with zero attached hydrogens (tertiary/aromatic N) is 2. The van der Waals surface area contributed by atoms with E-state index in [-0.39, 0.29) is 0 Å². The van der Waals surface area contributed by atoms with Crippen LogP contribution < -0.4 is 5.32 Å². The molecule has 2 heterocycles. The molecular weight excluding hydrogens is 210 g/mol. The van der Waals surface area contributed by atoms with Gasteiger partial charge in [0.2, 0.25) is 0 Å². The van der Waals surface area contributed by atoms with Crippen LogP contribution in [0.2, 0.25) is 0 Å².